The summed E-state index contributed by atoms with van der Waals surface area (Å²) in [6.07, 6.45) is 0.808. The summed E-state index contributed by atoms with van der Waals surface area (Å²) < 4.78 is 5.53. The number of nitrogens with one attached hydrogen (secondary N) is 1. The molecule has 1 aliphatic rings. The van der Waals surface area contributed by atoms with Gasteiger partial charge in [0.05, 0.1) is 18.7 Å². The number of carbonyl (C=O) groups excluding carboxylic acids is 1. The lowest BCUT2D eigenvalue weighted by atomic mass is 10.1. The predicted octanol–water partition coefficient (Wildman–Crippen LogP) is 1.23. The largest absolute Gasteiger partial charge is 0.508 e. The van der Waals surface area contributed by atoms with Crippen LogP contribution in [0.4, 0.5) is 0 Å². The number of phenols is 1. The Morgan fingerprint density at radius 3 is 2.62 bits per heavy atom. The summed E-state index contributed by atoms with van der Waals surface area (Å²) >= 11 is 0. The minimum Gasteiger partial charge on any atom is -0.508 e. The number of aromatic hydroxyl groups is 1. The molecule has 1 aromatic carbocycles. The van der Waals surface area contributed by atoms with Gasteiger partial charge in [-0.3, -0.25) is 9.69 Å². The normalized spacial score (nSPS) is 21.3. The Hall–Kier alpha value is -2.35. The van der Waals surface area contributed by atoms with Crippen LogP contribution in [0.15, 0.2) is 40.8 Å². The van der Waals surface area contributed by atoms with Crippen LogP contribution < -0.4 is 5.32 Å². The lowest BCUT2D eigenvalue weighted by molar-refractivity contribution is 0.0794. The van der Waals surface area contributed by atoms with Crippen LogP contribution in [0.1, 0.15) is 34.7 Å². The number of aliphatic hydroxyl groups excluding tert-OH is 2. The van der Waals surface area contributed by atoms with Crippen LogP contribution >= 0.6 is 0 Å². The van der Waals surface area contributed by atoms with E-state index in [0.717, 1.165) is 18.7 Å². The van der Waals surface area contributed by atoms with Crippen LogP contribution in [0.5, 0.6) is 5.75 Å². The molecule has 1 amide bonds. The van der Waals surface area contributed by atoms with Gasteiger partial charge in [0.25, 0.3) is 5.91 Å². The van der Waals surface area contributed by atoms with Crippen LogP contribution in [0, 0.1) is 0 Å². The van der Waals surface area contributed by atoms with E-state index in [-0.39, 0.29) is 18.3 Å². The summed E-state index contributed by atoms with van der Waals surface area (Å²) in [7, 11) is 0. The van der Waals surface area contributed by atoms with E-state index >= 15 is 0 Å². The molecular weight excluding hydrogens is 336 g/mol. The van der Waals surface area contributed by atoms with Crippen molar-refractivity contribution < 1.29 is 24.5 Å². The number of hydrogen-bond acceptors (Lipinski definition) is 6. The van der Waals surface area contributed by atoms with Crippen LogP contribution in [-0.4, -0.2) is 51.4 Å². The second-order valence-electron chi connectivity index (χ2n) is 6.60. The van der Waals surface area contributed by atoms with Crippen molar-refractivity contribution in [3.05, 3.63) is 53.5 Å². The molecule has 0 radical (unpaired) electrons. The van der Waals surface area contributed by atoms with E-state index in [4.69, 9.17) is 9.52 Å². The molecule has 0 bridgehead atoms. The van der Waals surface area contributed by atoms with Gasteiger partial charge in [-0.05, 0) is 55.8 Å². The van der Waals surface area contributed by atoms with Crippen molar-refractivity contribution in [2.75, 3.05) is 13.1 Å². The third-order valence-corrected chi connectivity index (χ3v) is 4.59. The second-order valence-corrected chi connectivity index (χ2v) is 6.60. The van der Waals surface area contributed by atoms with Gasteiger partial charge in [0.1, 0.15) is 23.9 Å². The number of likely N-dealkylation sites (tertiary alicyclic amines) is 1. The SMILES string of the molecule is O=C(NC1CN(Cc2ccc(CO)o2)CCCC1O)c1ccc(O)cc1. The van der Waals surface area contributed by atoms with Crippen LogP contribution in [0.3, 0.4) is 0 Å². The van der Waals surface area contributed by atoms with Crippen molar-refractivity contribution in [2.24, 2.45) is 0 Å². The number of aliphatic hydroxyl groups is 2. The minimum absolute atomic E-state index is 0.0999. The Kier molecular flexibility index (Phi) is 5.92. The maximum atomic E-state index is 12.4. The van der Waals surface area contributed by atoms with Crippen molar-refractivity contribution in [3.8, 4) is 5.75 Å². The molecule has 2 aromatic rings. The number of nitrogens with zero attached hydrogens (tertiary/aromatic N) is 1. The Balaban J connectivity index is 1.64. The average molecular weight is 360 g/mol. The van der Waals surface area contributed by atoms with Crippen LogP contribution in [-0.2, 0) is 13.2 Å². The molecule has 4 N–H and O–H groups in total. The highest BCUT2D eigenvalue weighted by Crippen LogP contribution is 2.17. The molecule has 1 aromatic heterocycles. The highest BCUT2D eigenvalue weighted by molar-refractivity contribution is 5.94. The molecule has 26 heavy (non-hydrogen) atoms. The van der Waals surface area contributed by atoms with E-state index in [1.54, 1.807) is 18.2 Å². The summed E-state index contributed by atoms with van der Waals surface area (Å²) in [5.74, 6) is 1.08. The summed E-state index contributed by atoms with van der Waals surface area (Å²) in [6, 6.07) is 9.19. The van der Waals surface area contributed by atoms with E-state index in [0.29, 0.717) is 30.8 Å². The second kappa shape index (κ2) is 8.35. The first-order chi connectivity index (χ1) is 12.5. The molecule has 1 fully saturated rings. The Bertz CT molecular complexity index is 728. The Morgan fingerprint density at radius 2 is 1.92 bits per heavy atom. The number of hydrogen-bond donors (Lipinski definition) is 4. The maximum absolute atomic E-state index is 12.4. The zero-order valence-corrected chi connectivity index (χ0v) is 14.5. The van der Waals surface area contributed by atoms with Gasteiger partial charge in [-0.1, -0.05) is 0 Å². The summed E-state index contributed by atoms with van der Waals surface area (Å²) in [6.45, 7) is 1.71. The van der Waals surface area contributed by atoms with Gasteiger partial charge in [-0.15, -0.1) is 0 Å². The fraction of sp³-hybridized carbons (Fsp3) is 0.421. The number of rotatable bonds is 5. The number of phenolic OH excluding ortho intramolecular Hbond substituents is 1. The molecular formula is C19H24N2O5. The van der Waals surface area contributed by atoms with Gasteiger partial charge < -0.3 is 25.1 Å². The quantitative estimate of drug-likeness (QED) is 0.639. The molecule has 0 saturated carbocycles. The summed E-state index contributed by atoms with van der Waals surface area (Å²) in [5.41, 5.74) is 0.435. The molecule has 1 saturated heterocycles. The molecule has 7 heteroatoms. The molecule has 2 unspecified atom stereocenters. The first-order valence-electron chi connectivity index (χ1n) is 8.74. The van der Waals surface area contributed by atoms with Crippen molar-refractivity contribution in [2.45, 2.75) is 38.1 Å². The lowest BCUT2D eigenvalue weighted by Gasteiger charge is -2.26. The maximum Gasteiger partial charge on any atom is 0.251 e. The lowest BCUT2D eigenvalue weighted by Crippen LogP contribution is -2.48. The van der Waals surface area contributed by atoms with Crippen molar-refractivity contribution in [1.82, 2.24) is 10.2 Å². The van der Waals surface area contributed by atoms with Crippen molar-refractivity contribution >= 4 is 5.91 Å². The number of carbonyl (C=O) groups is 1. The smallest absolute Gasteiger partial charge is 0.251 e. The highest BCUT2D eigenvalue weighted by atomic mass is 16.4. The number of benzene rings is 1. The Morgan fingerprint density at radius 1 is 1.19 bits per heavy atom. The number of amides is 1. The van der Waals surface area contributed by atoms with Gasteiger partial charge in [-0.25, -0.2) is 0 Å². The third-order valence-electron chi connectivity index (χ3n) is 4.59. The van der Waals surface area contributed by atoms with E-state index in [2.05, 4.69) is 10.2 Å². The molecule has 2 heterocycles. The molecule has 0 spiro atoms. The van der Waals surface area contributed by atoms with Gasteiger partial charge in [0.2, 0.25) is 0 Å². The monoisotopic (exact) mass is 360 g/mol. The molecule has 7 nitrogen and oxygen atoms in total. The van der Waals surface area contributed by atoms with E-state index < -0.39 is 12.1 Å². The van der Waals surface area contributed by atoms with Crippen molar-refractivity contribution in [1.29, 1.82) is 0 Å². The summed E-state index contributed by atoms with van der Waals surface area (Å²) in [4.78, 5) is 14.5. The van der Waals surface area contributed by atoms with Crippen molar-refractivity contribution in [3.63, 3.8) is 0 Å². The molecule has 2 atom stereocenters. The first-order valence-corrected chi connectivity index (χ1v) is 8.74. The fourth-order valence-corrected chi connectivity index (χ4v) is 3.18. The number of furan rings is 1. The van der Waals surface area contributed by atoms with E-state index in [9.17, 15) is 15.0 Å². The van der Waals surface area contributed by atoms with Crippen LogP contribution in [0.2, 0.25) is 0 Å². The fourth-order valence-electron chi connectivity index (χ4n) is 3.18. The molecule has 0 aliphatic carbocycles. The van der Waals surface area contributed by atoms with Gasteiger partial charge in [0.15, 0.2) is 0 Å². The van der Waals surface area contributed by atoms with Gasteiger partial charge in [0, 0.05) is 12.1 Å². The van der Waals surface area contributed by atoms with Gasteiger partial charge in [-0.2, -0.15) is 0 Å². The zero-order valence-electron chi connectivity index (χ0n) is 14.5. The van der Waals surface area contributed by atoms with Gasteiger partial charge >= 0.3 is 0 Å². The van der Waals surface area contributed by atoms with E-state index in [1.807, 2.05) is 6.07 Å². The average Bonchev–Trinajstić information content (AvgIpc) is 3.01. The molecule has 140 valence electrons. The first kappa shape index (κ1) is 18.4. The Labute approximate surface area is 151 Å². The highest BCUT2D eigenvalue weighted by Gasteiger charge is 2.27. The van der Waals surface area contributed by atoms with E-state index in [1.165, 1.54) is 12.1 Å². The summed E-state index contributed by atoms with van der Waals surface area (Å²) in [5, 5.41) is 31.7. The third kappa shape index (κ3) is 4.63. The minimum atomic E-state index is -0.620. The zero-order chi connectivity index (χ0) is 18.5. The topological polar surface area (TPSA) is 106 Å². The van der Waals surface area contributed by atoms with Crippen LogP contribution in [0.25, 0.3) is 0 Å². The molecule has 3 rings (SSSR count). The standard InChI is InChI=1S/C19H24N2O5/c22-12-16-8-7-15(26-16)10-21-9-1-2-18(24)17(11-21)20-19(25)13-3-5-14(23)6-4-13/h3-8,17-18,22-24H,1-2,9-12H2,(H,20,25). The predicted molar refractivity (Wildman–Crippen MR) is 94.5 cm³/mol. The molecule has 1 aliphatic heterocycles.